The fourth-order valence-corrected chi connectivity index (χ4v) is 6.40. The monoisotopic (exact) mass is 499 g/mol. The SMILES string of the molecule is Cc1cccc(-n2c(C)nnc2SC(C)C(=O)Nc2cccc(S(=O)(=O)N3CCCCC3)c2)c1. The molecule has 180 valence electrons. The maximum atomic E-state index is 13.0. The summed E-state index contributed by atoms with van der Waals surface area (Å²) in [4.78, 5) is 13.1. The van der Waals surface area contributed by atoms with E-state index in [4.69, 9.17) is 0 Å². The zero-order chi connectivity index (χ0) is 24.3. The molecular weight excluding hydrogens is 470 g/mol. The van der Waals surface area contributed by atoms with Crippen molar-refractivity contribution in [2.45, 2.75) is 55.3 Å². The molecule has 1 aliphatic rings. The fourth-order valence-electron chi connectivity index (χ4n) is 3.93. The average molecular weight is 500 g/mol. The second kappa shape index (κ2) is 10.3. The van der Waals surface area contributed by atoms with E-state index >= 15 is 0 Å². The van der Waals surface area contributed by atoms with Gasteiger partial charge in [-0.3, -0.25) is 9.36 Å². The van der Waals surface area contributed by atoms with Crippen molar-refractivity contribution in [1.29, 1.82) is 0 Å². The molecule has 0 spiro atoms. The number of rotatable bonds is 7. The van der Waals surface area contributed by atoms with E-state index in [-0.39, 0.29) is 10.8 Å². The van der Waals surface area contributed by atoms with E-state index < -0.39 is 15.3 Å². The van der Waals surface area contributed by atoms with Gasteiger partial charge in [0.1, 0.15) is 5.82 Å². The highest BCUT2D eigenvalue weighted by atomic mass is 32.2. The lowest BCUT2D eigenvalue weighted by atomic mass is 10.2. The topological polar surface area (TPSA) is 97.2 Å². The number of nitrogens with one attached hydrogen (secondary N) is 1. The van der Waals surface area contributed by atoms with Gasteiger partial charge in [0, 0.05) is 24.5 Å². The summed E-state index contributed by atoms with van der Waals surface area (Å²) in [6, 6.07) is 14.5. The third-order valence-corrected chi connectivity index (χ3v) is 8.70. The van der Waals surface area contributed by atoms with Crippen LogP contribution in [0.3, 0.4) is 0 Å². The molecule has 1 aliphatic heterocycles. The Kier molecular flexibility index (Phi) is 7.39. The second-order valence-corrected chi connectivity index (χ2v) is 11.7. The van der Waals surface area contributed by atoms with E-state index in [1.54, 1.807) is 25.1 Å². The minimum Gasteiger partial charge on any atom is -0.325 e. The largest absolute Gasteiger partial charge is 0.325 e. The lowest BCUT2D eigenvalue weighted by Gasteiger charge is -2.26. The molecule has 1 aromatic heterocycles. The quantitative estimate of drug-likeness (QED) is 0.490. The number of anilines is 1. The van der Waals surface area contributed by atoms with Crippen molar-refractivity contribution in [1.82, 2.24) is 19.1 Å². The Morgan fingerprint density at radius 3 is 2.50 bits per heavy atom. The standard InChI is InChI=1S/C24H29N5O3S2/c1-17-9-7-11-21(15-17)29-19(3)26-27-24(29)33-18(2)23(30)25-20-10-8-12-22(16-20)34(31,32)28-13-5-4-6-14-28/h7-12,15-16,18H,4-6,13-14H2,1-3H3,(H,25,30). The molecule has 0 saturated carbocycles. The molecule has 2 aromatic carbocycles. The van der Waals surface area contributed by atoms with Gasteiger partial charge in [-0.1, -0.05) is 36.4 Å². The van der Waals surface area contributed by atoms with Gasteiger partial charge >= 0.3 is 0 Å². The van der Waals surface area contributed by atoms with Gasteiger partial charge in [-0.25, -0.2) is 8.42 Å². The Bertz CT molecular complexity index is 1280. The lowest BCUT2D eigenvalue weighted by Crippen LogP contribution is -2.35. The first-order valence-corrected chi connectivity index (χ1v) is 13.6. The molecule has 34 heavy (non-hydrogen) atoms. The highest BCUT2D eigenvalue weighted by Crippen LogP contribution is 2.27. The molecule has 3 aromatic rings. The number of aryl methyl sites for hydroxylation is 2. The summed E-state index contributed by atoms with van der Waals surface area (Å²) in [7, 11) is -3.57. The Hall–Kier alpha value is -2.69. The summed E-state index contributed by atoms with van der Waals surface area (Å²) >= 11 is 1.30. The van der Waals surface area contributed by atoms with Gasteiger partial charge in [0.25, 0.3) is 0 Å². The van der Waals surface area contributed by atoms with E-state index in [1.165, 1.54) is 22.1 Å². The van der Waals surface area contributed by atoms with Gasteiger partial charge in [0.15, 0.2) is 5.16 Å². The van der Waals surface area contributed by atoms with Crippen LogP contribution in [0.4, 0.5) is 5.69 Å². The van der Waals surface area contributed by atoms with Crippen molar-refractivity contribution in [3.8, 4) is 5.69 Å². The Morgan fingerprint density at radius 1 is 1.03 bits per heavy atom. The van der Waals surface area contributed by atoms with Crippen LogP contribution < -0.4 is 5.32 Å². The first-order valence-electron chi connectivity index (χ1n) is 11.3. The first-order chi connectivity index (χ1) is 16.3. The van der Waals surface area contributed by atoms with Crippen molar-refractivity contribution >= 4 is 33.4 Å². The van der Waals surface area contributed by atoms with E-state index in [0.29, 0.717) is 23.9 Å². The second-order valence-electron chi connectivity index (χ2n) is 8.45. The van der Waals surface area contributed by atoms with E-state index in [1.807, 2.05) is 42.7 Å². The van der Waals surface area contributed by atoms with Gasteiger partial charge in [-0.2, -0.15) is 4.31 Å². The molecular formula is C24H29N5O3S2. The molecule has 8 nitrogen and oxygen atoms in total. The normalized spacial score (nSPS) is 15.7. The van der Waals surface area contributed by atoms with Gasteiger partial charge in [0.2, 0.25) is 15.9 Å². The third kappa shape index (κ3) is 5.34. The highest BCUT2D eigenvalue weighted by Gasteiger charge is 2.26. The number of hydrogen-bond donors (Lipinski definition) is 1. The highest BCUT2D eigenvalue weighted by molar-refractivity contribution is 8.00. The summed E-state index contributed by atoms with van der Waals surface area (Å²) in [5, 5.41) is 11.4. The molecule has 1 N–H and O–H groups in total. The number of benzene rings is 2. The van der Waals surface area contributed by atoms with Crippen molar-refractivity contribution in [3.05, 3.63) is 59.9 Å². The van der Waals surface area contributed by atoms with Crippen LogP contribution in [0, 0.1) is 13.8 Å². The molecule has 1 atom stereocenters. The smallest absolute Gasteiger partial charge is 0.243 e. The number of hydrogen-bond acceptors (Lipinski definition) is 6. The number of thioether (sulfide) groups is 1. The predicted octanol–water partition coefficient (Wildman–Crippen LogP) is 4.18. The summed E-state index contributed by atoms with van der Waals surface area (Å²) < 4.78 is 29.4. The van der Waals surface area contributed by atoms with Crippen LogP contribution in [0.15, 0.2) is 58.6 Å². The van der Waals surface area contributed by atoms with E-state index in [0.717, 1.165) is 36.3 Å². The fraction of sp³-hybridized carbons (Fsp3) is 0.375. The molecule has 4 rings (SSSR count). The molecule has 0 radical (unpaired) electrons. The number of aromatic nitrogens is 3. The maximum Gasteiger partial charge on any atom is 0.243 e. The number of carbonyl (C=O) groups is 1. The van der Waals surface area contributed by atoms with Crippen LogP contribution in [0.2, 0.25) is 0 Å². The zero-order valence-corrected chi connectivity index (χ0v) is 21.2. The van der Waals surface area contributed by atoms with Crippen molar-refractivity contribution in [2.24, 2.45) is 0 Å². The van der Waals surface area contributed by atoms with Gasteiger partial charge < -0.3 is 5.32 Å². The van der Waals surface area contributed by atoms with Crippen LogP contribution in [0.1, 0.15) is 37.6 Å². The van der Waals surface area contributed by atoms with Crippen molar-refractivity contribution in [2.75, 3.05) is 18.4 Å². The minimum absolute atomic E-state index is 0.197. The molecule has 0 aliphatic carbocycles. The molecule has 0 bridgehead atoms. The Balaban J connectivity index is 1.48. The molecule has 1 unspecified atom stereocenters. The van der Waals surface area contributed by atoms with Crippen LogP contribution in [-0.2, 0) is 14.8 Å². The summed E-state index contributed by atoms with van der Waals surface area (Å²) in [5.41, 5.74) is 2.51. The van der Waals surface area contributed by atoms with E-state index in [9.17, 15) is 13.2 Å². The molecule has 1 fully saturated rings. The first kappa shape index (κ1) is 24.4. The van der Waals surface area contributed by atoms with Gasteiger partial charge in [-0.05, 0) is 69.5 Å². The number of sulfonamides is 1. The molecule has 10 heteroatoms. The molecule has 1 amide bonds. The summed E-state index contributed by atoms with van der Waals surface area (Å²) in [6.45, 7) is 6.75. The minimum atomic E-state index is -3.57. The average Bonchev–Trinajstić information content (AvgIpc) is 3.19. The molecule has 2 heterocycles. The van der Waals surface area contributed by atoms with Crippen molar-refractivity contribution < 1.29 is 13.2 Å². The van der Waals surface area contributed by atoms with Gasteiger partial charge in [-0.15, -0.1) is 10.2 Å². The summed E-state index contributed by atoms with van der Waals surface area (Å²) in [6.07, 6.45) is 2.79. The van der Waals surface area contributed by atoms with Crippen LogP contribution >= 0.6 is 11.8 Å². The van der Waals surface area contributed by atoms with Crippen LogP contribution in [0.5, 0.6) is 0 Å². The Labute approximate surface area is 204 Å². The number of nitrogens with zero attached hydrogens (tertiary/aromatic N) is 4. The Morgan fingerprint density at radius 2 is 1.76 bits per heavy atom. The number of piperidine rings is 1. The number of carbonyl (C=O) groups excluding carboxylic acids is 1. The van der Waals surface area contributed by atoms with Gasteiger partial charge in [0.05, 0.1) is 10.1 Å². The number of amides is 1. The predicted molar refractivity (Wildman–Crippen MR) is 134 cm³/mol. The van der Waals surface area contributed by atoms with Crippen molar-refractivity contribution in [3.63, 3.8) is 0 Å². The third-order valence-electron chi connectivity index (χ3n) is 5.76. The lowest BCUT2D eigenvalue weighted by molar-refractivity contribution is -0.115. The van der Waals surface area contributed by atoms with Crippen LogP contribution in [0.25, 0.3) is 5.69 Å². The van der Waals surface area contributed by atoms with E-state index in [2.05, 4.69) is 15.5 Å². The maximum absolute atomic E-state index is 13.0. The molecule has 1 saturated heterocycles. The summed E-state index contributed by atoms with van der Waals surface area (Å²) in [5.74, 6) is 0.491. The van der Waals surface area contributed by atoms with Crippen LogP contribution in [-0.4, -0.2) is 51.7 Å². The zero-order valence-electron chi connectivity index (χ0n) is 19.6.